The van der Waals surface area contributed by atoms with E-state index in [2.05, 4.69) is 32.1 Å². The zero-order valence-corrected chi connectivity index (χ0v) is 21.0. The predicted octanol–water partition coefficient (Wildman–Crippen LogP) is 7.35. The van der Waals surface area contributed by atoms with Crippen LogP contribution >= 0.6 is 23.2 Å². The zero-order valence-electron chi connectivity index (χ0n) is 19.5. The molecule has 3 aromatic rings. The van der Waals surface area contributed by atoms with Crippen LogP contribution in [0.4, 0.5) is 0 Å². The summed E-state index contributed by atoms with van der Waals surface area (Å²) in [5.74, 6) is 3.59. The van der Waals surface area contributed by atoms with Crippen LogP contribution in [0.25, 0.3) is 17.3 Å². The summed E-state index contributed by atoms with van der Waals surface area (Å²) < 4.78 is 14.0. The van der Waals surface area contributed by atoms with Crippen LogP contribution in [-0.2, 0) is 0 Å². The van der Waals surface area contributed by atoms with Crippen molar-refractivity contribution in [1.82, 2.24) is 19.9 Å². The minimum atomic E-state index is 0.451. The lowest BCUT2D eigenvalue weighted by Gasteiger charge is -2.57. The quantitative estimate of drug-likeness (QED) is 0.316. The van der Waals surface area contributed by atoms with Crippen molar-refractivity contribution in [3.05, 3.63) is 52.1 Å². The molecule has 0 bridgehead atoms. The Balaban J connectivity index is 0.983. The van der Waals surface area contributed by atoms with Gasteiger partial charge in [-0.05, 0) is 68.6 Å². The third-order valence-electron chi connectivity index (χ3n) is 8.16. The highest BCUT2D eigenvalue weighted by Gasteiger charge is 2.52. The van der Waals surface area contributed by atoms with E-state index < -0.39 is 0 Å². The van der Waals surface area contributed by atoms with Gasteiger partial charge < -0.3 is 9.26 Å². The summed E-state index contributed by atoms with van der Waals surface area (Å²) in [5.41, 5.74) is 2.96. The number of rotatable bonds is 8. The Bertz CT molecular complexity index is 1260. The van der Waals surface area contributed by atoms with Crippen molar-refractivity contribution in [3.8, 4) is 17.1 Å². The summed E-state index contributed by atoms with van der Waals surface area (Å²) in [5, 5.41) is 9.78. The molecule has 1 spiro atoms. The van der Waals surface area contributed by atoms with E-state index in [-0.39, 0.29) is 0 Å². The molecule has 0 amide bonds. The molecule has 6 nitrogen and oxygen atoms in total. The normalized spacial score (nSPS) is 27.8. The van der Waals surface area contributed by atoms with Crippen LogP contribution in [-0.4, -0.2) is 26.5 Å². The zero-order chi connectivity index (χ0) is 23.6. The van der Waals surface area contributed by atoms with Crippen LogP contribution in [0.15, 0.2) is 35.3 Å². The fourth-order valence-electron chi connectivity index (χ4n) is 6.18. The molecule has 4 aliphatic carbocycles. The van der Waals surface area contributed by atoms with E-state index >= 15 is 0 Å². The number of hydrogen-bond donors (Lipinski definition) is 0. The number of nitrogens with zero attached hydrogens (tertiary/aromatic N) is 4. The maximum atomic E-state index is 6.44. The standard InChI is InChI=1S/C27H28Cl2N4O2/c28-21-13-30-14-22(29)24(21)25-20(26(35-32-25)18-2-3-18)6-1-16-9-27(10-16)11-17(12-27)15-34-23-7-8-31-33(23)19-4-5-19/h1,6-8,13-14,16-19H,2-5,9-12,15H2/b6-1+. The Kier molecular flexibility index (Phi) is 5.25. The number of aromatic nitrogens is 4. The molecular formula is C27H28Cl2N4O2. The summed E-state index contributed by atoms with van der Waals surface area (Å²) in [4.78, 5) is 4.08. The third-order valence-corrected chi connectivity index (χ3v) is 8.73. The Labute approximate surface area is 214 Å². The van der Waals surface area contributed by atoms with Gasteiger partial charge in [0.2, 0.25) is 5.88 Å². The first-order valence-electron chi connectivity index (χ1n) is 12.7. The van der Waals surface area contributed by atoms with Gasteiger partial charge in [-0.25, -0.2) is 4.68 Å². The molecule has 0 aromatic carbocycles. The monoisotopic (exact) mass is 510 g/mol. The number of ether oxygens (including phenoxy) is 1. The summed E-state index contributed by atoms with van der Waals surface area (Å²) in [6, 6.07) is 2.56. The maximum absolute atomic E-state index is 6.44. The second-order valence-corrected chi connectivity index (χ2v) is 11.8. The van der Waals surface area contributed by atoms with Crippen molar-refractivity contribution in [1.29, 1.82) is 0 Å². The molecule has 0 atom stereocenters. The fourth-order valence-corrected chi connectivity index (χ4v) is 6.72. The molecule has 35 heavy (non-hydrogen) atoms. The lowest BCUT2D eigenvalue weighted by atomic mass is 9.48. The molecule has 182 valence electrons. The largest absolute Gasteiger partial charge is 0.478 e. The van der Waals surface area contributed by atoms with E-state index in [1.165, 1.54) is 38.5 Å². The van der Waals surface area contributed by atoms with Crippen molar-refractivity contribution in [2.24, 2.45) is 17.3 Å². The van der Waals surface area contributed by atoms with E-state index in [0.717, 1.165) is 42.3 Å². The predicted molar refractivity (Wildman–Crippen MR) is 135 cm³/mol. The molecule has 0 N–H and O–H groups in total. The number of hydrogen-bond acceptors (Lipinski definition) is 5. The topological polar surface area (TPSA) is 66.0 Å². The van der Waals surface area contributed by atoms with Crippen LogP contribution in [0.2, 0.25) is 10.0 Å². The van der Waals surface area contributed by atoms with Crippen molar-refractivity contribution >= 4 is 29.3 Å². The van der Waals surface area contributed by atoms with Gasteiger partial charge in [0, 0.05) is 35.5 Å². The van der Waals surface area contributed by atoms with E-state index in [0.29, 0.717) is 44.8 Å². The highest BCUT2D eigenvalue weighted by Crippen LogP contribution is 2.61. The highest BCUT2D eigenvalue weighted by atomic mass is 35.5. The smallest absolute Gasteiger partial charge is 0.211 e. The second-order valence-electron chi connectivity index (χ2n) is 11.0. The second kappa shape index (κ2) is 8.38. The number of pyridine rings is 1. The van der Waals surface area contributed by atoms with Gasteiger partial charge in [-0.1, -0.05) is 40.5 Å². The molecule has 4 aliphatic rings. The van der Waals surface area contributed by atoms with Crippen LogP contribution in [0.5, 0.6) is 5.88 Å². The molecule has 3 aromatic heterocycles. The minimum absolute atomic E-state index is 0.451. The van der Waals surface area contributed by atoms with Gasteiger partial charge in [0.1, 0.15) is 11.5 Å². The molecule has 3 heterocycles. The minimum Gasteiger partial charge on any atom is -0.478 e. The summed E-state index contributed by atoms with van der Waals surface area (Å²) in [6.45, 7) is 0.808. The number of halogens is 2. The number of allylic oxidation sites excluding steroid dienone is 1. The molecular weight excluding hydrogens is 483 g/mol. The van der Waals surface area contributed by atoms with Crippen LogP contribution in [0, 0.1) is 17.3 Å². The first-order chi connectivity index (χ1) is 17.1. The first kappa shape index (κ1) is 21.9. The maximum Gasteiger partial charge on any atom is 0.211 e. The SMILES string of the molecule is Clc1cncc(Cl)c1-c1noc(C2CC2)c1/C=C/C1CC2(C1)CC(COc1ccnn1C1CC1)C2. The highest BCUT2D eigenvalue weighted by molar-refractivity contribution is 6.39. The van der Waals surface area contributed by atoms with E-state index in [1.54, 1.807) is 12.4 Å². The van der Waals surface area contributed by atoms with Gasteiger partial charge in [-0.15, -0.1) is 0 Å². The Hall–Kier alpha value is -2.31. The van der Waals surface area contributed by atoms with Crippen molar-refractivity contribution in [2.75, 3.05) is 6.61 Å². The third kappa shape index (κ3) is 4.09. The van der Waals surface area contributed by atoms with Gasteiger partial charge in [-0.2, -0.15) is 5.10 Å². The summed E-state index contributed by atoms with van der Waals surface area (Å²) in [6.07, 6.45) is 19.4. The summed E-state index contributed by atoms with van der Waals surface area (Å²) in [7, 11) is 0. The van der Waals surface area contributed by atoms with Gasteiger partial charge in [-0.3, -0.25) is 4.98 Å². The molecule has 0 unspecified atom stereocenters. The molecule has 7 rings (SSSR count). The Morgan fingerprint density at radius 1 is 1.09 bits per heavy atom. The average Bonchev–Trinajstić information content (AvgIpc) is 3.73. The Morgan fingerprint density at radius 2 is 1.86 bits per heavy atom. The van der Waals surface area contributed by atoms with E-state index in [4.69, 9.17) is 32.5 Å². The fraction of sp³-hybridized carbons (Fsp3) is 0.519. The first-order valence-corrected chi connectivity index (χ1v) is 13.5. The molecule has 4 fully saturated rings. The molecule has 0 saturated heterocycles. The van der Waals surface area contributed by atoms with E-state index in [9.17, 15) is 0 Å². The van der Waals surface area contributed by atoms with Crippen molar-refractivity contribution < 1.29 is 9.26 Å². The van der Waals surface area contributed by atoms with Crippen LogP contribution in [0.3, 0.4) is 0 Å². The van der Waals surface area contributed by atoms with Gasteiger partial charge >= 0.3 is 0 Å². The summed E-state index contributed by atoms with van der Waals surface area (Å²) >= 11 is 12.9. The molecule has 0 aliphatic heterocycles. The van der Waals surface area contributed by atoms with E-state index in [1.807, 2.05) is 12.3 Å². The lowest BCUT2D eigenvalue weighted by molar-refractivity contribution is -0.0665. The molecule has 8 heteroatoms. The van der Waals surface area contributed by atoms with Crippen molar-refractivity contribution in [3.63, 3.8) is 0 Å². The van der Waals surface area contributed by atoms with Crippen molar-refractivity contribution in [2.45, 2.75) is 63.3 Å². The van der Waals surface area contributed by atoms with Crippen LogP contribution in [0.1, 0.15) is 74.7 Å². The Morgan fingerprint density at radius 3 is 2.57 bits per heavy atom. The van der Waals surface area contributed by atoms with Gasteiger partial charge in [0.15, 0.2) is 0 Å². The molecule has 0 radical (unpaired) electrons. The van der Waals surface area contributed by atoms with Crippen LogP contribution < -0.4 is 4.74 Å². The van der Waals surface area contributed by atoms with Gasteiger partial charge in [0.05, 0.1) is 28.9 Å². The van der Waals surface area contributed by atoms with Gasteiger partial charge in [0.25, 0.3) is 0 Å². The average molecular weight is 511 g/mol. The lowest BCUT2D eigenvalue weighted by Crippen LogP contribution is -2.48. The molecule has 4 saturated carbocycles.